The summed E-state index contributed by atoms with van der Waals surface area (Å²) in [7, 11) is 0. The highest BCUT2D eigenvalue weighted by Crippen LogP contribution is 2.25. The Morgan fingerprint density at radius 3 is 3.06 bits per heavy atom. The number of amides is 1. The van der Waals surface area contributed by atoms with E-state index in [2.05, 4.69) is 15.6 Å². The number of fused-ring (bicyclic) bond motifs is 1. The number of hydrogen-bond donors (Lipinski definition) is 3. The Hall–Kier alpha value is -2.08. The maximum atomic E-state index is 11.8. The van der Waals surface area contributed by atoms with E-state index in [1.165, 1.54) is 0 Å². The number of anilines is 1. The van der Waals surface area contributed by atoms with Gasteiger partial charge in [-0.2, -0.15) is 0 Å². The first kappa shape index (κ1) is 12.4. The van der Waals surface area contributed by atoms with Crippen LogP contribution in [0.3, 0.4) is 0 Å². The number of aliphatic carboxylic acids is 1. The molecule has 0 radical (unpaired) electrons. The van der Waals surface area contributed by atoms with Gasteiger partial charge in [0.2, 0.25) is 0 Å². The Kier molecular flexibility index (Phi) is 3.78. The van der Waals surface area contributed by atoms with Gasteiger partial charge in [-0.1, -0.05) is 6.07 Å². The second-order valence-corrected chi connectivity index (χ2v) is 3.98. The molecule has 1 aromatic carbocycles. The molecule has 1 aliphatic heterocycles. The van der Waals surface area contributed by atoms with Crippen molar-refractivity contribution in [3.63, 3.8) is 0 Å². The highest BCUT2D eigenvalue weighted by atomic mass is 16.7. The van der Waals surface area contributed by atoms with Crippen LogP contribution in [0.4, 0.5) is 5.69 Å². The minimum atomic E-state index is -1.13. The van der Waals surface area contributed by atoms with E-state index >= 15 is 0 Å². The minimum Gasteiger partial charge on any atom is -0.479 e. The van der Waals surface area contributed by atoms with Gasteiger partial charge in [0.05, 0.1) is 0 Å². The number of rotatable bonds is 4. The summed E-state index contributed by atoms with van der Waals surface area (Å²) in [6, 6.07) is 5.40. The van der Waals surface area contributed by atoms with Crippen molar-refractivity contribution in [2.75, 3.05) is 18.5 Å². The summed E-state index contributed by atoms with van der Waals surface area (Å²) in [4.78, 5) is 26.7. The zero-order chi connectivity index (χ0) is 13.0. The average Bonchev–Trinajstić information content (AvgIpc) is 2.37. The van der Waals surface area contributed by atoms with Crippen molar-refractivity contribution in [2.45, 2.75) is 12.8 Å². The molecule has 0 saturated heterocycles. The van der Waals surface area contributed by atoms with Crippen molar-refractivity contribution < 1.29 is 19.5 Å². The lowest BCUT2D eigenvalue weighted by Gasteiger charge is -2.20. The normalized spacial score (nSPS) is 13.3. The highest BCUT2D eigenvalue weighted by molar-refractivity contribution is 5.96. The van der Waals surface area contributed by atoms with Gasteiger partial charge in [0.1, 0.15) is 0 Å². The lowest BCUT2D eigenvalue weighted by Crippen LogP contribution is -2.28. The lowest BCUT2D eigenvalue weighted by molar-refractivity contribution is -0.144. The third-order valence-electron chi connectivity index (χ3n) is 2.70. The molecule has 96 valence electrons. The molecule has 0 spiro atoms. The maximum Gasteiger partial charge on any atom is 0.332 e. The standard InChI is InChI=1S/C12H14N2O4/c15-11(16)7-18-14-12(17)9-3-1-5-10-8(9)4-2-6-13-10/h1,3,5,13H,2,4,6-7H2,(H,14,17)(H,15,16). The quantitative estimate of drug-likeness (QED) is 0.688. The summed E-state index contributed by atoms with van der Waals surface area (Å²) >= 11 is 0. The molecule has 1 heterocycles. The molecule has 6 heteroatoms. The van der Waals surface area contributed by atoms with Gasteiger partial charge in [0.25, 0.3) is 5.91 Å². The molecule has 1 aromatic rings. The van der Waals surface area contributed by atoms with Crippen LogP contribution in [0.25, 0.3) is 0 Å². The van der Waals surface area contributed by atoms with Gasteiger partial charge in [-0.15, -0.1) is 0 Å². The number of carboxylic acids is 1. The van der Waals surface area contributed by atoms with E-state index in [4.69, 9.17) is 5.11 Å². The smallest absolute Gasteiger partial charge is 0.332 e. The Morgan fingerprint density at radius 1 is 1.44 bits per heavy atom. The molecule has 2 rings (SSSR count). The Balaban J connectivity index is 2.08. The van der Waals surface area contributed by atoms with Gasteiger partial charge in [-0.25, -0.2) is 10.3 Å². The van der Waals surface area contributed by atoms with Crippen LogP contribution in [0.2, 0.25) is 0 Å². The number of carbonyl (C=O) groups excluding carboxylic acids is 1. The zero-order valence-corrected chi connectivity index (χ0v) is 9.73. The second kappa shape index (κ2) is 5.50. The van der Waals surface area contributed by atoms with Crippen molar-refractivity contribution in [1.82, 2.24) is 5.48 Å². The fourth-order valence-corrected chi connectivity index (χ4v) is 1.94. The first-order valence-electron chi connectivity index (χ1n) is 5.68. The average molecular weight is 250 g/mol. The van der Waals surface area contributed by atoms with Crippen molar-refractivity contribution in [3.05, 3.63) is 29.3 Å². The van der Waals surface area contributed by atoms with Crippen LogP contribution in [0.5, 0.6) is 0 Å². The minimum absolute atomic E-state index is 0.420. The largest absolute Gasteiger partial charge is 0.479 e. The molecule has 0 aromatic heterocycles. The summed E-state index contributed by atoms with van der Waals surface area (Å²) in [6.45, 7) is 0.340. The molecule has 1 amide bonds. The number of nitrogens with one attached hydrogen (secondary N) is 2. The Bertz CT molecular complexity index is 473. The molecule has 0 atom stereocenters. The molecular formula is C12H14N2O4. The van der Waals surface area contributed by atoms with Gasteiger partial charge in [0.15, 0.2) is 6.61 Å². The van der Waals surface area contributed by atoms with Crippen LogP contribution in [0, 0.1) is 0 Å². The zero-order valence-electron chi connectivity index (χ0n) is 9.73. The predicted molar refractivity (Wildman–Crippen MR) is 64.3 cm³/mol. The molecule has 0 fully saturated rings. The number of hydrogen-bond acceptors (Lipinski definition) is 4. The second-order valence-electron chi connectivity index (χ2n) is 3.98. The lowest BCUT2D eigenvalue weighted by atomic mass is 9.97. The van der Waals surface area contributed by atoms with E-state index < -0.39 is 18.5 Å². The van der Waals surface area contributed by atoms with Crippen LogP contribution in [0.1, 0.15) is 22.3 Å². The van der Waals surface area contributed by atoms with Gasteiger partial charge in [-0.3, -0.25) is 9.63 Å². The molecule has 3 N–H and O–H groups in total. The first-order chi connectivity index (χ1) is 8.68. The summed E-state index contributed by atoms with van der Waals surface area (Å²) in [5, 5.41) is 11.6. The van der Waals surface area contributed by atoms with Crippen LogP contribution < -0.4 is 10.8 Å². The first-order valence-corrected chi connectivity index (χ1v) is 5.68. The molecule has 0 saturated carbocycles. The number of benzene rings is 1. The third kappa shape index (κ3) is 2.78. The molecule has 18 heavy (non-hydrogen) atoms. The van der Waals surface area contributed by atoms with E-state index in [0.29, 0.717) is 5.56 Å². The van der Waals surface area contributed by atoms with Crippen LogP contribution in [0.15, 0.2) is 18.2 Å². The van der Waals surface area contributed by atoms with E-state index in [1.807, 2.05) is 6.07 Å². The third-order valence-corrected chi connectivity index (χ3v) is 2.70. The van der Waals surface area contributed by atoms with E-state index in [-0.39, 0.29) is 0 Å². The number of carbonyl (C=O) groups is 2. The van der Waals surface area contributed by atoms with Gasteiger partial charge in [-0.05, 0) is 30.5 Å². The molecule has 0 bridgehead atoms. The Labute approximate surface area is 104 Å². The van der Waals surface area contributed by atoms with E-state index in [9.17, 15) is 9.59 Å². The summed E-state index contributed by atoms with van der Waals surface area (Å²) in [5.41, 5.74) is 4.55. The van der Waals surface area contributed by atoms with Crippen molar-refractivity contribution >= 4 is 17.6 Å². The van der Waals surface area contributed by atoms with Crippen LogP contribution in [-0.4, -0.2) is 30.1 Å². The van der Waals surface area contributed by atoms with Gasteiger partial charge >= 0.3 is 5.97 Å². The Morgan fingerprint density at radius 2 is 2.28 bits per heavy atom. The fourth-order valence-electron chi connectivity index (χ4n) is 1.94. The molecule has 0 aliphatic carbocycles. The van der Waals surface area contributed by atoms with E-state index in [0.717, 1.165) is 30.6 Å². The van der Waals surface area contributed by atoms with Gasteiger partial charge < -0.3 is 10.4 Å². The maximum absolute atomic E-state index is 11.8. The molecule has 0 unspecified atom stereocenters. The van der Waals surface area contributed by atoms with Crippen LogP contribution >= 0.6 is 0 Å². The SMILES string of the molecule is O=C(O)CONC(=O)c1cccc2c1CCCN2. The molecule has 6 nitrogen and oxygen atoms in total. The van der Waals surface area contributed by atoms with Crippen molar-refractivity contribution in [2.24, 2.45) is 0 Å². The monoisotopic (exact) mass is 250 g/mol. The number of carboxylic acid groups (broad SMARTS) is 1. The summed E-state index contributed by atoms with van der Waals surface area (Å²) < 4.78 is 0. The van der Waals surface area contributed by atoms with E-state index in [1.54, 1.807) is 12.1 Å². The predicted octanol–water partition coefficient (Wildman–Crippen LogP) is 0.791. The summed E-state index contributed by atoms with van der Waals surface area (Å²) in [5.74, 6) is -1.55. The van der Waals surface area contributed by atoms with Crippen LogP contribution in [-0.2, 0) is 16.1 Å². The van der Waals surface area contributed by atoms with Crippen molar-refractivity contribution in [3.8, 4) is 0 Å². The highest BCUT2D eigenvalue weighted by Gasteiger charge is 2.17. The fraction of sp³-hybridized carbons (Fsp3) is 0.333. The molecule has 1 aliphatic rings. The van der Waals surface area contributed by atoms with Crippen molar-refractivity contribution in [1.29, 1.82) is 0 Å². The number of hydroxylamine groups is 1. The summed E-state index contributed by atoms with van der Waals surface area (Å²) in [6.07, 6.45) is 1.79. The molecular weight excluding hydrogens is 236 g/mol. The topological polar surface area (TPSA) is 87.7 Å². The van der Waals surface area contributed by atoms with Gasteiger partial charge in [0, 0.05) is 17.8 Å².